The van der Waals surface area contributed by atoms with Crippen molar-refractivity contribution in [3.63, 3.8) is 0 Å². The van der Waals surface area contributed by atoms with Gasteiger partial charge >= 0.3 is 0 Å². The molecule has 0 saturated carbocycles. The summed E-state index contributed by atoms with van der Waals surface area (Å²) in [5.41, 5.74) is 1.17. The number of carbonyl (C=O) groups is 2. The number of nitrogens with one attached hydrogen (secondary N) is 2. The molecule has 9 heteroatoms. The smallest absolute Gasteiger partial charge is 0.276 e. The first-order chi connectivity index (χ1) is 12.9. The van der Waals surface area contributed by atoms with Crippen molar-refractivity contribution in [2.75, 3.05) is 10.6 Å². The second-order valence-corrected chi connectivity index (χ2v) is 5.91. The van der Waals surface area contributed by atoms with Crippen LogP contribution in [0.4, 0.5) is 11.5 Å². The summed E-state index contributed by atoms with van der Waals surface area (Å²) < 4.78 is 5.76. The number of aryl methyl sites for hydroxylation is 2. The van der Waals surface area contributed by atoms with Crippen LogP contribution in [0.3, 0.4) is 0 Å². The minimum absolute atomic E-state index is 0.0141. The molecule has 0 fully saturated rings. The zero-order chi connectivity index (χ0) is 19.4. The number of hydrogen-bond acceptors (Lipinski definition) is 6. The van der Waals surface area contributed by atoms with Crippen molar-refractivity contribution in [1.29, 1.82) is 0 Å². The largest absolute Gasteiger partial charge is 0.360 e. The molecule has 138 valence electrons. The van der Waals surface area contributed by atoms with Crippen molar-refractivity contribution in [3.8, 4) is 0 Å². The maximum absolute atomic E-state index is 12.3. The molecule has 27 heavy (non-hydrogen) atoms. The molecule has 0 atom stereocenters. The van der Waals surface area contributed by atoms with Gasteiger partial charge in [-0.2, -0.15) is 5.10 Å². The summed E-state index contributed by atoms with van der Waals surface area (Å²) in [4.78, 5) is 36.3. The van der Waals surface area contributed by atoms with E-state index in [4.69, 9.17) is 4.52 Å². The van der Waals surface area contributed by atoms with Gasteiger partial charge in [-0.15, -0.1) is 0 Å². The predicted octanol–water partition coefficient (Wildman–Crippen LogP) is 1.74. The van der Waals surface area contributed by atoms with E-state index in [0.717, 1.165) is 10.2 Å². The zero-order valence-electron chi connectivity index (χ0n) is 14.7. The molecule has 2 amide bonds. The summed E-state index contributed by atoms with van der Waals surface area (Å²) in [6, 6.07) is 11.3. The number of anilines is 2. The van der Waals surface area contributed by atoms with Gasteiger partial charge in [-0.05, 0) is 32.0 Å². The standard InChI is InChI=1S/C18H17N5O4/c1-11-3-5-13(6-4-11)19-18(26)14-7-8-17(25)23(21-14)10-16(24)20-15-9-12(2)27-22-15/h3-9H,10H2,1-2H3,(H,19,26)(H,20,22,24). The maximum Gasteiger partial charge on any atom is 0.276 e. The number of hydrogen-bond donors (Lipinski definition) is 2. The molecule has 0 radical (unpaired) electrons. The molecule has 0 aliphatic carbocycles. The summed E-state index contributed by atoms with van der Waals surface area (Å²) in [5, 5.41) is 12.8. The van der Waals surface area contributed by atoms with Crippen LogP contribution in [0.25, 0.3) is 0 Å². The van der Waals surface area contributed by atoms with E-state index in [0.29, 0.717) is 11.4 Å². The molecule has 0 bridgehead atoms. The molecule has 0 aliphatic rings. The van der Waals surface area contributed by atoms with Gasteiger partial charge in [-0.25, -0.2) is 4.68 Å². The summed E-state index contributed by atoms with van der Waals surface area (Å²) in [6.07, 6.45) is 0. The summed E-state index contributed by atoms with van der Waals surface area (Å²) in [5.74, 6) is -0.233. The minimum atomic E-state index is -0.519. The Labute approximate surface area is 154 Å². The van der Waals surface area contributed by atoms with Gasteiger partial charge in [-0.1, -0.05) is 22.9 Å². The van der Waals surface area contributed by atoms with Crippen LogP contribution in [0.2, 0.25) is 0 Å². The zero-order valence-corrected chi connectivity index (χ0v) is 14.7. The molecular formula is C18H17N5O4. The van der Waals surface area contributed by atoms with Crippen LogP contribution in [0.5, 0.6) is 0 Å². The molecule has 1 aromatic carbocycles. The lowest BCUT2D eigenvalue weighted by molar-refractivity contribution is -0.117. The lowest BCUT2D eigenvalue weighted by Gasteiger charge is -2.08. The van der Waals surface area contributed by atoms with E-state index in [-0.39, 0.29) is 18.1 Å². The monoisotopic (exact) mass is 367 g/mol. The van der Waals surface area contributed by atoms with Gasteiger partial charge in [-0.3, -0.25) is 14.4 Å². The Kier molecular flexibility index (Phi) is 5.11. The predicted molar refractivity (Wildman–Crippen MR) is 97.5 cm³/mol. The van der Waals surface area contributed by atoms with E-state index >= 15 is 0 Å². The fourth-order valence-corrected chi connectivity index (χ4v) is 2.26. The van der Waals surface area contributed by atoms with Gasteiger partial charge in [0.25, 0.3) is 11.5 Å². The third-order valence-corrected chi connectivity index (χ3v) is 3.60. The first-order valence-corrected chi connectivity index (χ1v) is 8.10. The van der Waals surface area contributed by atoms with Crippen molar-refractivity contribution >= 4 is 23.3 Å². The molecule has 2 aromatic heterocycles. The lowest BCUT2D eigenvalue weighted by Crippen LogP contribution is -2.31. The topological polar surface area (TPSA) is 119 Å². The molecule has 0 spiro atoms. The average molecular weight is 367 g/mol. The Hall–Kier alpha value is -3.75. The SMILES string of the molecule is Cc1ccc(NC(=O)c2ccc(=O)n(CC(=O)Nc3cc(C)on3)n2)cc1. The highest BCUT2D eigenvalue weighted by Crippen LogP contribution is 2.10. The Balaban J connectivity index is 1.71. The molecular weight excluding hydrogens is 350 g/mol. The van der Waals surface area contributed by atoms with Crippen LogP contribution >= 0.6 is 0 Å². The van der Waals surface area contributed by atoms with Gasteiger partial charge in [0.1, 0.15) is 18.0 Å². The third-order valence-electron chi connectivity index (χ3n) is 3.60. The van der Waals surface area contributed by atoms with Gasteiger partial charge in [0, 0.05) is 17.8 Å². The highest BCUT2D eigenvalue weighted by Gasteiger charge is 2.13. The van der Waals surface area contributed by atoms with Crippen molar-refractivity contribution in [2.45, 2.75) is 20.4 Å². The van der Waals surface area contributed by atoms with Crippen LogP contribution in [-0.2, 0) is 11.3 Å². The number of amides is 2. The molecule has 0 aliphatic heterocycles. The lowest BCUT2D eigenvalue weighted by atomic mass is 10.2. The average Bonchev–Trinajstić information content (AvgIpc) is 3.03. The molecule has 2 N–H and O–H groups in total. The first kappa shape index (κ1) is 18.1. The van der Waals surface area contributed by atoms with E-state index < -0.39 is 17.4 Å². The first-order valence-electron chi connectivity index (χ1n) is 8.10. The number of rotatable bonds is 5. The Morgan fingerprint density at radius 2 is 1.81 bits per heavy atom. The Morgan fingerprint density at radius 1 is 1.07 bits per heavy atom. The molecule has 9 nitrogen and oxygen atoms in total. The van der Waals surface area contributed by atoms with E-state index in [2.05, 4.69) is 20.9 Å². The van der Waals surface area contributed by atoms with Gasteiger partial charge in [0.15, 0.2) is 5.82 Å². The quantitative estimate of drug-likeness (QED) is 0.709. The van der Waals surface area contributed by atoms with Gasteiger partial charge in [0.05, 0.1) is 0 Å². The van der Waals surface area contributed by atoms with Crippen molar-refractivity contribution in [1.82, 2.24) is 14.9 Å². The molecule has 3 rings (SSSR count). The number of aromatic nitrogens is 3. The normalized spacial score (nSPS) is 10.4. The fourth-order valence-electron chi connectivity index (χ4n) is 2.26. The van der Waals surface area contributed by atoms with Crippen molar-refractivity contribution < 1.29 is 14.1 Å². The summed E-state index contributed by atoms with van der Waals surface area (Å²) in [7, 11) is 0. The Bertz CT molecular complexity index is 1040. The summed E-state index contributed by atoms with van der Waals surface area (Å²) in [6.45, 7) is 3.26. The van der Waals surface area contributed by atoms with Crippen molar-refractivity contribution in [3.05, 3.63) is 69.8 Å². The van der Waals surface area contributed by atoms with Crippen molar-refractivity contribution in [2.24, 2.45) is 0 Å². The van der Waals surface area contributed by atoms with Crippen LogP contribution in [0, 0.1) is 13.8 Å². The molecule has 0 saturated heterocycles. The second kappa shape index (κ2) is 7.65. The summed E-state index contributed by atoms with van der Waals surface area (Å²) >= 11 is 0. The van der Waals surface area contributed by atoms with Crippen LogP contribution in [0.15, 0.2) is 51.8 Å². The van der Waals surface area contributed by atoms with Gasteiger partial charge in [0.2, 0.25) is 5.91 Å². The number of benzene rings is 1. The van der Waals surface area contributed by atoms with E-state index in [1.54, 1.807) is 25.1 Å². The van der Waals surface area contributed by atoms with Crippen LogP contribution in [0.1, 0.15) is 21.8 Å². The highest BCUT2D eigenvalue weighted by molar-refractivity contribution is 6.02. The second-order valence-electron chi connectivity index (χ2n) is 5.91. The van der Waals surface area contributed by atoms with E-state index in [1.165, 1.54) is 12.1 Å². The van der Waals surface area contributed by atoms with E-state index in [1.807, 2.05) is 19.1 Å². The van der Waals surface area contributed by atoms with Gasteiger partial charge < -0.3 is 15.2 Å². The molecule has 2 heterocycles. The third kappa shape index (κ3) is 4.66. The van der Waals surface area contributed by atoms with Crippen LogP contribution < -0.4 is 16.2 Å². The van der Waals surface area contributed by atoms with E-state index in [9.17, 15) is 14.4 Å². The minimum Gasteiger partial charge on any atom is -0.360 e. The van der Waals surface area contributed by atoms with Crippen LogP contribution in [-0.4, -0.2) is 26.8 Å². The molecule has 0 unspecified atom stereocenters. The fraction of sp³-hybridized carbons (Fsp3) is 0.167. The number of carbonyl (C=O) groups excluding carboxylic acids is 2. The Morgan fingerprint density at radius 3 is 2.48 bits per heavy atom. The number of nitrogens with zero attached hydrogens (tertiary/aromatic N) is 3. The molecule has 3 aromatic rings. The highest BCUT2D eigenvalue weighted by atomic mass is 16.5. The maximum atomic E-state index is 12.3.